The minimum atomic E-state index is 0. The summed E-state index contributed by atoms with van der Waals surface area (Å²) in [4.78, 5) is 4.24. The molecule has 2 aliphatic rings. The van der Waals surface area contributed by atoms with Gasteiger partial charge in [0.15, 0.2) is 11.8 Å². The van der Waals surface area contributed by atoms with E-state index >= 15 is 0 Å². The van der Waals surface area contributed by atoms with Crippen molar-refractivity contribution in [2.45, 2.75) is 45.2 Å². The van der Waals surface area contributed by atoms with Gasteiger partial charge in [0.25, 0.3) is 0 Å². The maximum absolute atomic E-state index is 4.28. The van der Waals surface area contributed by atoms with Crippen LogP contribution in [0.15, 0.2) is 4.99 Å². The first-order valence-corrected chi connectivity index (χ1v) is 7.22. The summed E-state index contributed by atoms with van der Waals surface area (Å²) >= 11 is 0. The smallest absolute Gasteiger partial charge is 0.191 e. The van der Waals surface area contributed by atoms with E-state index in [1.165, 1.54) is 25.7 Å². The van der Waals surface area contributed by atoms with E-state index < -0.39 is 0 Å². The summed E-state index contributed by atoms with van der Waals surface area (Å²) in [5.74, 6) is 3.85. The molecule has 1 aliphatic heterocycles. The van der Waals surface area contributed by atoms with Crippen molar-refractivity contribution in [1.82, 2.24) is 25.4 Å². The summed E-state index contributed by atoms with van der Waals surface area (Å²) in [5.41, 5.74) is 0. The summed E-state index contributed by atoms with van der Waals surface area (Å²) in [6.07, 6.45) is 6.22. The molecule has 0 atom stereocenters. The van der Waals surface area contributed by atoms with Crippen molar-refractivity contribution in [2.24, 2.45) is 10.9 Å². The number of aryl methyl sites for hydroxylation is 1. The monoisotopic (exact) mass is 390 g/mol. The predicted octanol–water partition coefficient (Wildman–Crippen LogP) is 1.31. The number of hydrogen-bond acceptors (Lipinski definition) is 3. The van der Waals surface area contributed by atoms with E-state index in [1.54, 1.807) is 0 Å². The molecule has 0 saturated heterocycles. The first-order chi connectivity index (χ1) is 9.36. The maximum Gasteiger partial charge on any atom is 0.191 e. The van der Waals surface area contributed by atoms with Crippen LogP contribution in [0.4, 0.5) is 0 Å². The van der Waals surface area contributed by atoms with Crippen molar-refractivity contribution in [1.29, 1.82) is 0 Å². The molecule has 20 heavy (non-hydrogen) atoms. The Balaban J connectivity index is 0.00000147. The molecule has 1 aromatic rings. The third kappa shape index (κ3) is 3.83. The van der Waals surface area contributed by atoms with Gasteiger partial charge in [0, 0.05) is 26.6 Å². The molecular formula is C13H23IN6. The third-order valence-electron chi connectivity index (χ3n) is 3.83. The summed E-state index contributed by atoms with van der Waals surface area (Å²) < 4.78 is 2.24. The van der Waals surface area contributed by atoms with E-state index in [1.807, 2.05) is 7.05 Å². The highest BCUT2D eigenvalue weighted by Crippen LogP contribution is 2.27. The van der Waals surface area contributed by atoms with E-state index in [2.05, 4.69) is 30.4 Å². The Labute approximate surface area is 136 Å². The molecule has 3 rings (SSSR count). The molecule has 1 fully saturated rings. The minimum absolute atomic E-state index is 0. The van der Waals surface area contributed by atoms with Gasteiger partial charge >= 0.3 is 0 Å². The number of fused-ring (bicyclic) bond motifs is 1. The van der Waals surface area contributed by atoms with Crippen molar-refractivity contribution in [2.75, 3.05) is 13.6 Å². The van der Waals surface area contributed by atoms with Crippen molar-refractivity contribution in [3.8, 4) is 0 Å². The lowest BCUT2D eigenvalue weighted by atomic mass is 10.2. The molecule has 1 aliphatic carbocycles. The zero-order valence-corrected chi connectivity index (χ0v) is 14.3. The maximum atomic E-state index is 4.28. The third-order valence-corrected chi connectivity index (χ3v) is 3.83. The first kappa shape index (κ1) is 15.5. The summed E-state index contributed by atoms with van der Waals surface area (Å²) in [7, 11) is 1.81. The molecule has 0 unspecified atom stereocenters. The standard InChI is InChI=1S/C13H22N6.HI/c1-14-13(15-8-10-5-6-10)16-9-12-18-17-11-4-2-3-7-19(11)12;/h10H,2-9H2,1H3,(H2,14,15,16);1H. The van der Waals surface area contributed by atoms with E-state index in [0.29, 0.717) is 6.54 Å². The lowest BCUT2D eigenvalue weighted by Crippen LogP contribution is -2.38. The fraction of sp³-hybridized carbons (Fsp3) is 0.769. The zero-order chi connectivity index (χ0) is 13.1. The molecule has 2 N–H and O–H groups in total. The second-order valence-electron chi connectivity index (χ2n) is 5.39. The van der Waals surface area contributed by atoms with Crippen LogP contribution >= 0.6 is 24.0 Å². The first-order valence-electron chi connectivity index (χ1n) is 7.22. The quantitative estimate of drug-likeness (QED) is 0.462. The van der Waals surface area contributed by atoms with Gasteiger partial charge in [-0.15, -0.1) is 34.2 Å². The van der Waals surface area contributed by atoms with E-state index in [0.717, 1.165) is 43.0 Å². The molecule has 7 heteroatoms. The lowest BCUT2D eigenvalue weighted by Gasteiger charge is -2.16. The topological polar surface area (TPSA) is 67.1 Å². The highest BCUT2D eigenvalue weighted by Gasteiger charge is 2.21. The Hall–Kier alpha value is -0.860. The second kappa shape index (κ2) is 7.24. The number of aromatic nitrogens is 3. The van der Waals surface area contributed by atoms with Crippen LogP contribution in [0, 0.1) is 5.92 Å². The van der Waals surface area contributed by atoms with Crippen LogP contribution in [0.3, 0.4) is 0 Å². The Morgan fingerprint density at radius 1 is 1.30 bits per heavy atom. The van der Waals surface area contributed by atoms with Gasteiger partial charge in [-0.05, 0) is 31.6 Å². The molecule has 0 radical (unpaired) electrons. The number of nitrogens with one attached hydrogen (secondary N) is 2. The SMILES string of the molecule is CN=C(NCc1nnc2n1CCCC2)NCC1CC1.I. The van der Waals surface area contributed by atoms with Gasteiger partial charge in [-0.2, -0.15) is 0 Å². The number of hydrogen-bond donors (Lipinski definition) is 2. The average Bonchev–Trinajstić information content (AvgIpc) is 3.19. The van der Waals surface area contributed by atoms with Crippen molar-refractivity contribution < 1.29 is 0 Å². The molecule has 0 amide bonds. The summed E-state index contributed by atoms with van der Waals surface area (Å²) in [6, 6.07) is 0. The fourth-order valence-electron chi connectivity index (χ4n) is 2.45. The highest BCUT2D eigenvalue weighted by atomic mass is 127. The molecule has 6 nitrogen and oxygen atoms in total. The normalized spacial score (nSPS) is 18.1. The van der Waals surface area contributed by atoms with E-state index in [9.17, 15) is 0 Å². The van der Waals surface area contributed by atoms with Crippen LogP contribution in [0.25, 0.3) is 0 Å². The van der Waals surface area contributed by atoms with Crippen molar-refractivity contribution >= 4 is 29.9 Å². The Morgan fingerprint density at radius 3 is 2.90 bits per heavy atom. The lowest BCUT2D eigenvalue weighted by molar-refractivity contribution is 0.504. The molecule has 1 saturated carbocycles. The van der Waals surface area contributed by atoms with Crippen molar-refractivity contribution in [3.05, 3.63) is 11.6 Å². The van der Waals surface area contributed by atoms with Crippen LogP contribution in [0.5, 0.6) is 0 Å². The second-order valence-corrected chi connectivity index (χ2v) is 5.39. The Morgan fingerprint density at radius 2 is 2.15 bits per heavy atom. The van der Waals surface area contributed by atoms with Gasteiger partial charge in [-0.25, -0.2) is 0 Å². The van der Waals surface area contributed by atoms with Crippen LogP contribution < -0.4 is 10.6 Å². The van der Waals surface area contributed by atoms with Crippen LogP contribution in [0.1, 0.15) is 37.3 Å². The van der Waals surface area contributed by atoms with Gasteiger partial charge in [0.1, 0.15) is 5.82 Å². The minimum Gasteiger partial charge on any atom is -0.356 e. The number of aliphatic imine (C=N–C) groups is 1. The van der Waals surface area contributed by atoms with E-state index in [-0.39, 0.29) is 24.0 Å². The largest absolute Gasteiger partial charge is 0.356 e. The predicted molar refractivity (Wildman–Crippen MR) is 89.3 cm³/mol. The summed E-state index contributed by atoms with van der Waals surface area (Å²) in [6.45, 7) is 2.77. The van der Waals surface area contributed by atoms with Gasteiger partial charge in [0.05, 0.1) is 6.54 Å². The number of rotatable bonds is 4. The number of halogens is 1. The molecule has 1 aromatic heterocycles. The molecule has 2 heterocycles. The Bertz CT molecular complexity index is 465. The van der Waals surface area contributed by atoms with Gasteiger partial charge in [-0.1, -0.05) is 0 Å². The zero-order valence-electron chi connectivity index (χ0n) is 11.9. The van der Waals surface area contributed by atoms with Crippen LogP contribution in [0.2, 0.25) is 0 Å². The van der Waals surface area contributed by atoms with E-state index in [4.69, 9.17) is 0 Å². The van der Waals surface area contributed by atoms with Crippen LogP contribution in [-0.4, -0.2) is 34.3 Å². The number of guanidine groups is 1. The van der Waals surface area contributed by atoms with Gasteiger partial charge in [0.2, 0.25) is 0 Å². The summed E-state index contributed by atoms with van der Waals surface area (Å²) in [5, 5.41) is 15.2. The number of nitrogens with zero attached hydrogens (tertiary/aromatic N) is 4. The highest BCUT2D eigenvalue weighted by molar-refractivity contribution is 14.0. The van der Waals surface area contributed by atoms with Crippen molar-refractivity contribution in [3.63, 3.8) is 0 Å². The average molecular weight is 390 g/mol. The van der Waals surface area contributed by atoms with Gasteiger partial charge < -0.3 is 15.2 Å². The fourth-order valence-corrected chi connectivity index (χ4v) is 2.45. The molecule has 0 spiro atoms. The molecule has 0 aromatic carbocycles. The molecular weight excluding hydrogens is 367 g/mol. The Kier molecular flexibility index (Phi) is 5.62. The molecule has 112 valence electrons. The molecule has 0 bridgehead atoms. The van der Waals surface area contributed by atoms with Crippen LogP contribution in [-0.2, 0) is 19.5 Å². The van der Waals surface area contributed by atoms with Gasteiger partial charge in [-0.3, -0.25) is 4.99 Å².